The summed E-state index contributed by atoms with van der Waals surface area (Å²) < 4.78 is 0. The Labute approximate surface area is 148 Å². The van der Waals surface area contributed by atoms with Crippen LogP contribution in [-0.2, 0) is 11.3 Å². The number of nitrogens with one attached hydrogen (secondary N) is 1. The first kappa shape index (κ1) is 16.1. The van der Waals surface area contributed by atoms with Gasteiger partial charge < -0.3 is 10.2 Å². The lowest BCUT2D eigenvalue weighted by Gasteiger charge is -2.17. The van der Waals surface area contributed by atoms with E-state index >= 15 is 0 Å². The second-order valence-corrected chi connectivity index (χ2v) is 7.09. The molecule has 0 unspecified atom stereocenters. The van der Waals surface area contributed by atoms with Crippen molar-refractivity contribution in [3.05, 3.63) is 53.9 Å². The summed E-state index contributed by atoms with van der Waals surface area (Å²) in [5.74, 6) is 1.42. The van der Waals surface area contributed by atoms with Crippen LogP contribution in [0.4, 0.5) is 5.95 Å². The van der Waals surface area contributed by atoms with E-state index in [0.717, 1.165) is 11.3 Å². The number of benzene rings is 1. The normalized spacial score (nSPS) is 21.0. The highest BCUT2D eigenvalue weighted by Crippen LogP contribution is 2.33. The van der Waals surface area contributed by atoms with Crippen molar-refractivity contribution in [1.29, 1.82) is 0 Å². The molecule has 0 radical (unpaired) electrons. The molecule has 1 atom stereocenters. The number of hydrogen-bond acceptors (Lipinski definition) is 4. The number of amides is 1. The zero-order chi connectivity index (χ0) is 17.1. The van der Waals surface area contributed by atoms with Crippen LogP contribution in [-0.4, -0.2) is 33.4 Å². The molecule has 1 amide bonds. The lowest BCUT2D eigenvalue weighted by molar-refractivity contribution is -0.128. The smallest absolute Gasteiger partial charge is 0.225 e. The summed E-state index contributed by atoms with van der Waals surface area (Å²) in [7, 11) is 0. The SMILES string of the molecule is O=C1C[C@H](Nc2nccc(C3CCCC3)n2)CN1Cc1ccccc1. The number of carbonyl (C=O) groups is 1. The molecule has 1 aromatic carbocycles. The van der Waals surface area contributed by atoms with E-state index in [1.165, 1.54) is 25.7 Å². The Morgan fingerprint density at radius 2 is 1.92 bits per heavy atom. The minimum atomic E-state index is 0.0787. The summed E-state index contributed by atoms with van der Waals surface area (Å²) in [6, 6.07) is 12.2. The first-order chi connectivity index (χ1) is 12.3. The van der Waals surface area contributed by atoms with E-state index in [1.54, 1.807) is 0 Å². The summed E-state index contributed by atoms with van der Waals surface area (Å²) in [6.07, 6.45) is 7.38. The van der Waals surface area contributed by atoms with Gasteiger partial charge in [0.05, 0.1) is 6.04 Å². The van der Waals surface area contributed by atoms with Crippen LogP contribution in [0.5, 0.6) is 0 Å². The molecule has 1 N–H and O–H groups in total. The van der Waals surface area contributed by atoms with Crippen LogP contribution in [0.3, 0.4) is 0 Å². The van der Waals surface area contributed by atoms with Gasteiger partial charge in [0.2, 0.25) is 11.9 Å². The Kier molecular flexibility index (Phi) is 4.63. The van der Waals surface area contributed by atoms with Crippen molar-refractivity contribution in [3.8, 4) is 0 Å². The third kappa shape index (κ3) is 3.81. The summed E-state index contributed by atoms with van der Waals surface area (Å²) in [5, 5.41) is 3.37. The van der Waals surface area contributed by atoms with Crippen molar-refractivity contribution >= 4 is 11.9 Å². The number of carbonyl (C=O) groups excluding carboxylic acids is 1. The molecule has 1 aliphatic carbocycles. The van der Waals surface area contributed by atoms with Crippen LogP contribution >= 0.6 is 0 Å². The van der Waals surface area contributed by atoms with Crippen LogP contribution in [0.2, 0.25) is 0 Å². The lowest BCUT2D eigenvalue weighted by Crippen LogP contribution is -2.28. The van der Waals surface area contributed by atoms with Crippen molar-refractivity contribution < 1.29 is 4.79 Å². The molecule has 1 aromatic heterocycles. The quantitative estimate of drug-likeness (QED) is 0.910. The Hall–Kier alpha value is -2.43. The van der Waals surface area contributed by atoms with E-state index in [1.807, 2.05) is 35.4 Å². The molecule has 2 heterocycles. The highest BCUT2D eigenvalue weighted by molar-refractivity contribution is 5.79. The van der Waals surface area contributed by atoms with Gasteiger partial charge in [0.15, 0.2) is 0 Å². The Morgan fingerprint density at radius 1 is 1.12 bits per heavy atom. The standard InChI is InChI=1S/C20H24N4O/c25-19-12-17(14-24(19)13-15-6-2-1-3-7-15)22-20-21-11-10-18(23-20)16-8-4-5-9-16/h1-3,6-7,10-11,16-17H,4-5,8-9,12-14H2,(H,21,22,23)/t17-/m0/s1. The van der Waals surface area contributed by atoms with Gasteiger partial charge in [0, 0.05) is 37.3 Å². The molecule has 5 nitrogen and oxygen atoms in total. The number of likely N-dealkylation sites (tertiary alicyclic amines) is 1. The van der Waals surface area contributed by atoms with Crippen molar-refractivity contribution in [2.45, 2.75) is 50.6 Å². The number of aromatic nitrogens is 2. The largest absolute Gasteiger partial charge is 0.349 e. The van der Waals surface area contributed by atoms with Gasteiger partial charge in [-0.3, -0.25) is 4.79 Å². The second-order valence-electron chi connectivity index (χ2n) is 7.09. The van der Waals surface area contributed by atoms with Gasteiger partial charge >= 0.3 is 0 Å². The molecular formula is C20H24N4O. The number of rotatable bonds is 5. The first-order valence-corrected chi connectivity index (χ1v) is 9.19. The number of hydrogen-bond donors (Lipinski definition) is 1. The predicted molar refractivity (Wildman–Crippen MR) is 97.1 cm³/mol. The Morgan fingerprint density at radius 3 is 2.72 bits per heavy atom. The molecule has 0 bridgehead atoms. The average molecular weight is 336 g/mol. The first-order valence-electron chi connectivity index (χ1n) is 9.19. The monoisotopic (exact) mass is 336 g/mol. The summed E-state index contributed by atoms with van der Waals surface area (Å²) >= 11 is 0. The molecule has 2 fully saturated rings. The van der Waals surface area contributed by atoms with Crippen molar-refractivity contribution in [3.63, 3.8) is 0 Å². The van der Waals surface area contributed by atoms with E-state index in [9.17, 15) is 4.79 Å². The Bertz CT molecular complexity index is 727. The van der Waals surface area contributed by atoms with E-state index in [-0.39, 0.29) is 11.9 Å². The summed E-state index contributed by atoms with van der Waals surface area (Å²) in [6.45, 7) is 1.37. The maximum atomic E-state index is 12.3. The molecule has 4 rings (SSSR count). The zero-order valence-corrected chi connectivity index (χ0v) is 14.4. The van der Waals surface area contributed by atoms with Crippen LogP contribution < -0.4 is 5.32 Å². The van der Waals surface area contributed by atoms with Crippen LogP contribution in [0.1, 0.15) is 49.3 Å². The molecule has 5 heteroatoms. The molecule has 130 valence electrons. The van der Waals surface area contributed by atoms with Crippen molar-refractivity contribution in [1.82, 2.24) is 14.9 Å². The molecule has 0 spiro atoms. The maximum Gasteiger partial charge on any atom is 0.225 e. The summed E-state index contributed by atoms with van der Waals surface area (Å²) in [4.78, 5) is 23.3. The zero-order valence-electron chi connectivity index (χ0n) is 14.4. The van der Waals surface area contributed by atoms with Crippen LogP contribution in [0, 0.1) is 0 Å². The van der Waals surface area contributed by atoms with Crippen LogP contribution in [0.25, 0.3) is 0 Å². The molecule has 2 aromatic rings. The molecule has 1 aliphatic heterocycles. The van der Waals surface area contributed by atoms with E-state index < -0.39 is 0 Å². The molecule has 25 heavy (non-hydrogen) atoms. The van der Waals surface area contributed by atoms with E-state index in [2.05, 4.69) is 22.4 Å². The van der Waals surface area contributed by atoms with Gasteiger partial charge in [-0.1, -0.05) is 43.2 Å². The minimum absolute atomic E-state index is 0.0787. The molecule has 1 saturated heterocycles. The minimum Gasteiger partial charge on any atom is -0.349 e. The fourth-order valence-corrected chi connectivity index (χ4v) is 3.90. The predicted octanol–water partition coefficient (Wildman–Crippen LogP) is 3.35. The highest BCUT2D eigenvalue weighted by atomic mass is 16.2. The fraction of sp³-hybridized carbons (Fsp3) is 0.450. The van der Waals surface area contributed by atoms with Gasteiger partial charge in [-0.05, 0) is 24.5 Å². The summed E-state index contributed by atoms with van der Waals surface area (Å²) in [5.41, 5.74) is 2.30. The molecule has 1 saturated carbocycles. The van der Waals surface area contributed by atoms with E-state index in [4.69, 9.17) is 4.98 Å². The van der Waals surface area contributed by atoms with Gasteiger partial charge in [-0.15, -0.1) is 0 Å². The van der Waals surface area contributed by atoms with Gasteiger partial charge in [-0.2, -0.15) is 0 Å². The van der Waals surface area contributed by atoms with Gasteiger partial charge in [-0.25, -0.2) is 9.97 Å². The number of nitrogens with zero attached hydrogens (tertiary/aromatic N) is 3. The van der Waals surface area contributed by atoms with Gasteiger partial charge in [0.1, 0.15) is 0 Å². The lowest BCUT2D eigenvalue weighted by atomic mass is 10.0. The van der Waals surface area contributed by atoms with Crippen LogP contribution in [0.15, 0.2) is 42.6 Å². The highest BCUT2D eigenvalue weighted by Gasteiger charge is 2.30. The third-order valence-corrected chi connectivity index (χ3v) is 5.21. The van der Waals surface area contributed by atoms with Crippen molar-refractivity contribution in [2.24, 2.45) is 0 Å². The van der Waals surface area contributed by atoms with Gasteiger partial charge in [0.25, 0.3) is 0 Å². The number of anilines is 1. The molecular weight excluding hydrogens is 312 g/mol. The van der Waals surface area contributed by atoms with E-state index in [0.29, 0.717) is 31.4 Å². The topological polar surface area (TPSA) is 58.1 Å². The second kappa shape index (κ2) is 7.21. The maximum absolute atomic E-state index is 12.3. The molecule has 2 aliphatic rings. The fourth-order valence-electron chi connectivity index (χ4n) is 3.90. The Balaban J connectivity index is 1.38. The average Bonchev–Trinajstić information content (AvgIpc) is 3.27. The third-order valence-electron chi connectivity index (χ3n) is 5.21. The van der Waals surface area contributed by atoms with Crippen molar-refractivity contribution in [2.75, 3.05) is 11.9 Å².